The summed E-state index contributed by atoms with van der Waals surface area (Å²) >= 11 is 0. The van der Waals surface area contributed by atoms with Crippen LogP contribution in [0.3, 0.4) is 0 Å². The first kappa shape index (κ1) is 12.0. The number of aromatic hydroxyl groups is 1. The quantitative estimate of drug-likeness (QED) is 0.705. The van der Waals surface area contributed by atoms with E-state index in [-0.39, 0.29) is 6.04 Å². The van der Waals surface area contributed by atoms with Crippen molar-refractivity contribution < 1.29 is 5.11 Å². The van der Waals surface area contributed by atoms with E-state index < -0.39 is 0 Å². The molecule has 1 rings (SSSR count). The zero-order valence-corrected chi connectivity index (χ0v) is 9.46. The van der Waals surface area contributed by atoms with Gasteiger partial charge in [0.1, 0.15) is 5.75 Å². The van der Waals surface area contributed by atoms with Gasteiger partial charge in [0, 0.05) is 6.04 Å². The molecule has 1 atom stereocenters. The number of rotatable bonds is 4. The molecule has 3 heteroatoms. The van der Waals surface area contributed by atoms with Gasteiger partial charge in [-0.05, 0) is 49.9 Å². The largest absolute Gasteiger partial charge is 0.507 e. The molecule has 1 aromatic carbocycles. The van der Waals surface area contributed by atoms with Gasteiger partial charge >= 0.3 is 0 Å². The third-order valence-electron chi connectivity index (χ3n) is 2.66. The molecule has 0 radical (unpaired) electrons. The van der Waals surface area contributed by atoms with E-state index in [1.807, 2.05) is 26.0 Å². The Bertz CT molecular complexity index is 313. The molecule has 0 aliphatic rings. The Hall–Kier alpha value is -1.06. The van der Waals surface area contributed by atoms with Crippen molar-refractivity contribution in [3.63, 3.8) is 0 Å². The predicted octanol–water partition coefficient (Wildman–Crippen LogP) is 1.75. The maximum Gasteiger partial charge on any atom is 0.121 e. The molecule has 5 N–H and O–H groups in total. The Morgan fingerprint density at radius 2 is 1.80 bits per heavy atom. The number of benzene rings is 1. The monoisotopic (exact) mass is 208 g/mol. The molecule has 0 fully saturated rings. The van der Waals surface area contributed by atoms with Crippen LogP contribution in [-0.2, 0) is 0 Å². The molecule has 0 bridgehead atoms. The maximum atomic E-state index is 9.63. The smallest absolute Gasteiger partial charge is 0.121 e. The summed E-state index contributed by atoms with van der Waals surface area (Å²) in [6, 6.07) is 3.92. The van der Waals surface area contributed by atoms with Gasteiger partial charge in [-0.2, -0.15) is 0 Å². The van der Waals surface area contributed by atoms with Crippen LogP contribution in [0, 0.1) is 13.8 Å². The second-order valence-corrected chi connectivity index (χ2v) is 4.04. The van der Waals surface area contributed by atoms with Crippen molar-refractivity contribution in [1.82, 2.24) is 0 Å². The lowest BCUT2D eigenvalue weighted by molar-refractivity contribution is 0.466. The van der Waals surface area contributed by atoms with Crippen LogP contribution < -0.4 is 11.5 Å². The summed E-state index contributed by atoms with van der Waals surface area (Å²) in [7, 11) is 0. The molecular weight excluding hydrogens is 188 g/mol. The van der Waals surface area contributed by atoms with Crippen LogP contribution in [0.5, 0.6) is 5.75 Å². The average molecular weight is 208 g/mol. The summed E-state index contributed by atoms with van der Waals surface area (Å²) in [5.74, 6) is 0.366. The van der Waals surface area contributed by atoms with Gasteiger partial charge in [-0.25, -0.2) is 0 Å². The van der Waals surface area contributed by atoms with E-state index in [2.05, 4.69) is 0 Å². The van der Waals surface area contributed by atoms with Crippen molar-refractivity contribution in [2.24, 2.45) is 11.5 Å². The third kappa shape index (κ3) is 2.94. The molecule has 0 aliphatic heterocycles. The Labute approximate surface area is 91.1 Å². The van der Waals surface area contributed by atoms with Crippen molar-refractivity contribution in [3.05, 3.63) is 28.8 Å². The van der Waals surface area contributed by atoms with Gasteiger partial charge in [-0.15, -0.1) is 0 Å². The number of hydrogen-bond acceptors (Lipinski definition) is 3. The van der Waals surface area contributed by atoms with Crippen LogP contribution in [0.25, 0.3) is 0 Å². The van der Waals surface area contributed by atoms with Crippen LogP contribution in [-0.4, -0.2) is 11.7 Å². The number of phenolic OH excluding ortho intramolecular Hbond substituents is 1. The lowest BCUT2D eigenvalue weighted by atomic mass is 9.98. The Balaban J connectivity index is 2.86. The van der Waals surface area contributed by atoms with Gasteiger partial charge in [0.05, 0.1) is 0 Å². The number of phenols is 1. The fraction of sp³-hybridized carbons (Fsp3) is 0.500. The highest BCUT2D eigenvalue weighted by atomic mass is 16.3. The zero-order chi connectivity index (χ0) is 11.4. The number of aryl methyl sites for hydroxylation is 2. The zero-order valence-electron chi connectivity index (χ0n) is 9.46. The molecule has 15 heavy (non-hydrogen) atoms. The number of nitrogens with two attached hydrogens (primary N) is 2. The normalized spacial score (nSPS) is 12.8. The van der Waals surface area contributed by atoms with Gasteiger partial charge < -0.3 is 16.6 Å². The third-order valence-corrected chi connectivity index (χ3v) is 2.66. The topological polar surface area (TPSA) is 72.3 Å². The van der Waals surface area contributed by atoms with Crippen LogP contribution in [0.1, 0.15) is 35.6 Å². The Kier molecular flexibility index (Phi) is 4.12. The minimum atomic E-state index is 0.0200. The summed E-state index contributed by atoms with van der Waals surface area (Å²) in [5.41, 5.74) is 14.3. The standard InChI is InChI=1S/C12H20N2O/c1-8-6-10(7-9(2)12(8)15)11(14)4-3-5-13/h6-7,11,15H,3-5,13-14H2,1-2H3/t11-/m0/s1. The van der Waals surface area contributed by atoms with Crippen molar-refractivity contribution >= 4 is 0 Å². The molecule has 0 unspecified atom stereocenters. The van der Waals surface area contributed by atoms with E-state index >= 15 is 0 Å². The highest BCUT2D eigenvalue weighted by molar-refractivity contribution is 5.43. The van der Waals surface area contributed by atoms with Crippen LogP contribution in [0.2, 0.25) is 0 Å². The maximum absolute atomic E-state index is 9.63. The molecule has 1 aromatic rings. The molecule has 0 aromatic heterocycles. The van der Waals surface area contributed by atoms with Crippen molar-refractivity contribution in [2.75, 3.05) is 6.54 Å². The van der Waals surface area contributed by atoms with Gasteiger partial charge in [-0.1, -0.05) is 12.1 Å². The van der Waals surface area contributed by atoms with E-state index in [0.29, 0.717) is 12.3 Å². The lowest BCUT2D eigenvalue weighted by Gasteiger charge is -2.14. The molecule has 0 amide bonds. The number of hydrogen-bond donors (Lipinski definition) is 3. The molecule has 0 saturated carbocycles. The Morgan fingerprint density at radius 3 is 2.27 bits per heavy atom. The van der Waals surface area contributed by atoms with E-state index in [1.165, 1.54) is 0 Å². The summed E-state index contributed by atoms with van der Waals surface area (Å²) in [5, 5.41) is 9.63. The minimum absolute atomic E-state index is 0.0200. The van der Waals surface area contributed by atoms with Gasteiger partial charge in [0.25, 0.3) is 0 Å². The highest BCUT2D eigenvalue weighted by Gasteiger charge is 2.09. The van der Waals surface area contributed by atoms with E-state index in [4.69, 9.17) is 11.5 Å². The molecule has 0 aliphatic carbocycles. The summed E-state index contributed by atoms with van der Waals surface area (Å²) in [4.78, 5) is 0. The first-order valence-electron chi connectivity index (χ1n) is 5.32. The van der Waals surface area contributed by atoms with Crippen LogP contribution in [0.4, 0.5) is 0 Å². The molecule has 0 spiro atoms. The van der Waals surface area contributed by atoms with Crippen LogP contribution >= 0.6 is 0 Å². The van der Waals surface area contributed by atoms with Gasteiger partial charge in [0.2, 0.25) is 0 Å². The van der Waals surface area contributed by atoms with Crippen LogP contribution in [0.15, 0.2) is 12.1 Å². The molecule has 84 valence electrons. The van der Waals surface area contributed by atoms with Gasteiger partial charge in [-0.3, -0.25) is 0 Å². The predicted molar refractivity (Wildman–Crippen MR) is 62.8 cm³/mol. The molecule has 0 saturated heterocycles. The second kappa shape index (κ2) is 5.14. The minimum Gasteiger partial charge on any atom is -0.507 e. The SMILES string of the molecule is Cc1cc([C@@H](N)CCCN)cc(C)c1O. The van der Waals surface area contributed by atoms with Crippen molar-refractivity contribution in [1.29, 1.82) is 0 Å². The fourth-order valence-electron chi connectivity index (χ4n) is 1.71. The fourth-order valence-corrected chi connectivity index (χ4v) is 1.71. The van der Waals surface area contributed by atoms with E-state index in [9.17, 15) is 5.11 Å². The molecule has 0 heterocycles. The Morgan fingerprint density at radius 1 is 1.27 bits per heavy atom. The molecule has 3 nitrogen and oxygen atoms in total. The first-order chi connectivity index (χ1) is 7.06. The summed E-state index contributed by atoms with van der Waals surface area (Å²) in [6.45, 7) is 4.45. The van der Waals surface area contributed by atoms with E-state index in [1.54, 1.807) is 0 Å². The van der Waals surface area contributed by atoms with Crippen molar-refractivity contribution in [2.45, 2.75) is 32.7 Å². The van der Waals surface area contributed by atoms with Gasteiger partial charge in [0.15, 0.2) is 0 Å². The van der Waals surface area contributed by atoms with Crippen molar-refractivity contribution in [3.8, 4) is 5.75 Å². The van der Waals surface area contributed by atoms with E-state index in [0.717, 1.165) is 29.5 Å². The highest BCUT2D eigenvalue weighted by Crippen LogP contribution is 2.26. The summed E-state index contributed by atoms with van der Waals surface area (Å²) in [6.07, 6.45) is 1.82. The lowest BCUT2D eigenvalue weighted by Crippen LogP contribution is -2.12. The second-order valence-electron chi connectivity index (χ2n) is 4.04. The summed E-state index contributed by atoms with van der Waals surface area (Å²) < 4.78 is 0. The molecular formula is C12H20N2O. The first-order valence-corrected chi connectivity index (χ1v) is 5.32. The average Bonchev–Trinajstić information content (AvgIpc) is 2.21.